The average molecular weight is 699 g/mol. The fourth-order valence-electron chi connectivity index (χ4n) is 6.72. The Morgan fingerprint density at radius 1 is 0.920 bits per heavy atom. The molecule has 3 aromatic carbocycles. The molecule has 0 fully saturated rings. The highest BCUT2D eigenvalue weighted by molar-refractivity contribution is 7.91. The van der Waals surface area contributed by atoms with Crippen LogP contribution in [0, 0.1) is 0 Å². The lowest BCUT2D eigenvalue weighted by Gasteiger charge is -2.45. The van der Waals surface area contributed by atoms with E-state index in [0.29, 0.717) is 28.4 Å². The monoisotopic (exact) mass is 698 g/mol. The summed E-state index contributed by atoms with van der Waals surface area (Å²) >= 11 is 0. The van der Waals surface area contributed by atoms with Crippen molar-refractivity contribution in [1.82, 2.24) is 14.3 Å². The second-order valence-corrected chi connectivity index (χ2v) is 15.2. The summed E-state index contributed by atoms with van der Waals surface area (Å²) in [6, 6.07) is 19.0. The molecule has 0 saturated heterocycles. The molecule has 5 aromatic rings. The van der Waals surface area contributed by atoms with Crippen LogP contribution < -0.4 is 16.0 Å². The third kappa shape index (κ3) is 6.38. The minimum atomic E-state index is -4.16. The normalized spacial score (nSPS) is 15.5. The summed E-state index contributed by atoms with van der Waals surface area (Å²) in [4.78, 5) is 38.8. The molecule has 0 amide bonds. The number of aromatic amines is 1. The van der Waals surface area contributed by atoms with Crippen LogP contribution in [-0.2, 0) is 32.8 Å². The number of pyridine rings is 1. The van der Waals surface area contributed by atoms with Crippen LogP contribution in [0.1, 0.15) is 60.9 Å². The molecule has 0 saturated carbocycles. The highest BCUT2D eigenvalue weighted by Crippen LogP contribution is 2.42. The zero-order valence-electron chi connectivity index (χ0n) is 28.3. The van der Waals surface area contributed by atoms with Crippen molar-refractivity contribution < 1.29 is 28.7 Å². The molecule has 0 aliphatic carbocycles. The summed E-state index contributed by atoms with van der Waals surface area (Å²) in [5.41, 5.74) is 6.45. The van der Waals surface area contributed by atoms with Crippen LogP contribution in [-0.4, -0.2) is 52.1 Å². The van der Waals surface area contributed by atoms with E-state index in [1.165, 1.54) is 16.2 Å². The highest BCUT2D eigenvalue weighted by Gasteiger charge is 2.34. The van der Waals surface area contributed by atoms with Gasteiger partial charge in [0.15, 0.2) is 9.84 Å². The number of benzene rings is 3. The van der Waals surface area contributed by atoms with Crippen LogP contribution in [0.25, 0.3) is 34.6 Å². The molecule has 3 heterocycles. The number of aromatic nitrogens is 3. The van der Waals surface area contributed by atoms with Gasteiger partial charge in [-0.1, -0.05) is 37.3 Å². The van der Waals surface area contributed by atoms with Crippen LogP contribution in [0.2, 0.25) is 0 Å². The zero-order chi connectivity index (χ0) is 36.0. The third-order valence-corrected chi connectivity index (χ3v) is 10.5. The van der Waals surface area contributed by atoms with Crippen LogP contribution in [0.4, 0.5) is 5.69 Å². The van der Waals surface area contributed by atoms with E-state index < -0.39 is 25.9 Å². The quantitative estimate of drug-likeness (QED) is 0.0969. The van der Waals surface area contributed by atoms with Crippen LogP contribution in [0.3, 0.4) is 0 Å². The van der Waals surface area contributed by atoms with Crippen LogP contribution >= 0.6 is 0 Å². The predicted octanol–water partition coefficient (Wildman–Crippen LogP) is 5.90. The first-order valence-electron chi connectivity index (χ1n) is 15.9. The maximum Gasteiger partial charge on any atom is 0.282 e. The molecule has 6 rings (SSSR count). The molecular weight excluding hydrogens is 660 g/mol. The van der Waals surface area contributed by atoms with Gasteiger partial charge in [-0.2, -0.15) is 0 Å². The van der Waals surface area contributed by atoms with Gasteiger partial charge in [0.1, 0.15) is 24.2 Å². The first-order chi connectivity index (χ1) is 23.7. The minimum absolute atomic E-state index is 0.00626. The Morgan fingerprint density at radius 2 is 1.52 bits per heavy atom. The minimum Gasteiger partial charge on any atom is -0.369 e. The number of sulfone groups is 1. The van der Waals surface area contributed by atoms with Gasteiger partial charge >= 0.3 is 0 Å². The van der Waals surface area contributed by atoms with E-state index in [1.807, 2.05) is 6.07 Å². The Bertz CT molecular complexity index is 2380. The number of rotatable bonds is 9. The molecule has 1 unspecified atom stereocenters. The van der Waals surface area contributed by atoms with Gasteiger partial charge in [0.05, 0.1) is 21.8 Å². The van der Waals surface area contributed by atoms with Crippen molar-refractivity contribution in [3.8, 4) is 11.4 Å². The van der Waals surface area contributed by atoms with Crippen molar-refractivity contribution in [2.75, 3.05) is 18.2 Å². The van der Waals surface area contributed by atoms with E-state index in [9.17, 15) is 18.0 Å². The molecule has 0 bridgehead atoms. The number of hydrogen-bond acceptors (Lipinski definition) is 9. The summed E-state index contributed by atoms with van der Waals surface area (Å²) in [6.45, 7) is 6.47. The predicted molar refractivity (Wildman–Crippen MR) is 192 cm³/mol. The van der Waals surface area contributed by atoms with Gasteiger partial charge in [-0.25, -0.2) is 22.9 Å². The van der Waals surface area contributed by atoms with Gasteiger partial charge in [0, 0.05) is 24.5 Å². The summed E-state index contributed by atoms with van der Waals surface area (Å²) in [5.74, 6) is 0.310. The third-order valence-electron chi connectivity index (χ3n) is 9.36. The fourth-order valence-corrected chi connectivity index (χ4v) is 7.82. The molecule has 1 aliphatic rings. The van der Waals surface area contributed by atoms with Gasteiger partial charge in [0.2, 0.25) is 0 Å². The molecule has 1 atom stereocenters. The lowest BCUT2D eigenvalue weighted by molar-refractivity contribution is -0.253. The number of H-pyrrole nitrogens is 1. The summed E-state index contributed by atoms with van der Waals surface area (Å²) in [7, 11) is -2.08. The van der Waals surface area contributed by atoms with E-state index in [-0.39, 0.29) is 35.3 Å². The molecule has 3 N–H and O–H groups in total. The van der Waals surface area contributed by atoms with Crippen molar-refractivity contribution in [3.05, 3.63) is 121 Å². The molecule has 1 aliphatic heterocycles. The summed E-state index contributed by atoms with van der Waals surface area (Å²) in [5, 5.41) is 20.5. The van der Waals surface area contributed by atoms with Crippen molar-refractivity contribution >= 4 is 38.7 Å². The smallest absolute Gasteiger partial charge is 0.282 e. The van der Waals surface area contributed by atoms with Crippen molar-refractivity contribution in [3.63, 3.8) is 0 Å². The Morgan fingerprint density at radius 3 is 2.10 bits per heavy atom. The second kappa shape index (κ2) is 13.4. The molecule has 13 heteroatoms. The van der Waals surface area contributed by atoms with Gasteiger partial charge < -0.3 is 4.90 Å². The fraction of sp³-hybridized carbons (Fsp3) is 0.270. The number of nitrogens with one attached hydrogen (secondary N) is 1. The second-order valence-electron chi connectivity index (χ2n) is 13.3. The van der Waals surface area contributed by atoms with Crippen LogP contribution in [0.5, 0.6) is 0 Å². The van der Waals surface area contributed by atoms with Crippen LogP contribution in [0.15, 0.2) is 86.9 Å². The van der Waals surface area contributed by atoms with E-state index in [4.69, 9.17) is 10.5 Å². The van der Waals surface area contributed by atoms with Crippen molar-refractivity contribution in [1.29, 1.82) is 0 Å². The largest absolute Gasteiger partial charge is 0.369 e. The molecule has 0 spiro atoms. The lowest BCUT2D eigenvalue weighted by Crippen LogP contribution is -2.45. The van der Waals surface area contributed by atoms with E-state index in [2.05, 4.69) is 65.5 Å². The highest BCUT2D eigenvalue weighted by atomic mass is 32.2. The Labute approximate surface area is 288 Å². The van der Waals surface area contributed by atoms with Gasteiger partial charge in [-0.3, -0.25) is 29.8 Å². The summed E-state index contributed by atoms with van der Waals surface area (Å²) < 4.78 is 29.3. The van der Waals surface area contributed by atoms with Crippen molar-refractivity contribution in [2.24, 2.45) is 0 Å². The average Bonchev–Trinajstić information content (AvgIpc) is 3.40. The summed E-state index contributed by atoms with van der Waals surface area (Å²) in [6.07, 6.45) is 4.92. The number of anilines is 1. The topological polar surface area (TPSA) is 156 Å². The van der Waals surface area contributed by atoms with Crippen molar-refractivity contribution in [2.45, 2.75) is 56.8 Å². The van der Waals surface area contributed by atoms with E-state index in [1.54, 1.807) is 54.6 Å². The van der Waals surface area contributed by atoms with Gasteiger partial charge in [-0.15, -0.1) is 5.73 Å². The maximum atomic E-state index is 14.4. The standard InChI is InChI=1S/C37H38N4O8S/c1-23-20-37(2,3)39(4)31-18-13-24(19-30(23)31)7-6-8-29-33(50(5,46)47)32-34(40(35(29)42)27-14-9-25(10-15-27)21-48-44)38-41(36(32)43)28-16-11-26(12-17-28)22-49-45/h7-19,23,38,44-45H,20-22H2,1-5H3. The molecule has 2 aromatic heterocycles. The van der Waals surface area contributed by atoms with Gasteiger partial charge in [-0.05, 0) is 97.0 Å². The molecular formula is C37H38N4O8S. The number of fused-ring (bicyclic) bond motifs is 2. The molecule has 50 heavy (non-hydrogen) atoms. The Balaban J connectivity index is 1.58. The van der Waals surface area contributed by atoms with Gasteiger partial charge in [0.25, 0.3) is 11.1 Å². The lowest BCUT2D eigenvalue weighted by atomic mass is 9.80. The van der Waals surface area contributed by atoms with E-state index in [0.717, 1.165) is 28.6 Å². The Kier molecular flexibility index (Phi) is 9.31. The number of hydrogen-bond donors (Lipinski definition) is 3. The molecule has 0 radical (unpaired) electrons. The molecule has 260 valence electrons. The SMILES string of the molecule is CC1CC(C)(C)N(C)c2ccc(C=C=Cc3c(S(C)(=O)=O)c4c(=O)n(-c5ccc(COO)cc5)[nH]c4n(-c4ccc(COO)cc4)c3=O)cc21. The van der Waals surface area contributed by atoms with E-state index >= 15 is 0 Å². The molecule has 12 nitrogen and oxygen atoms in total. The first kappa shape index (κ1) is 34.8. The maximum absolute atomic E-state index is 14.4. The zero-order valence-corrected chi connectivity index (χ0v) is 29.1. The number of nitrogens with zero attached hydrogens (tertiary/aromatic N) is 3. The Hall–Kier alpha value is -5.01. The first-order valence-corrected chi connectivity index (χ1v) is 17.8.